The van der Waals surface area contributed by atoms with Crippen molar-refractivity contribution in [3.05, 3.63) is 99.0 Å². The summed E-state index contributed by atoms with van der Waals surface area (Å²) in [4.78, 5) is 10.1. The van der Waals surface area contributed by atoms with Gasteiger partial charge in [-0.1, -0.05) is 41.2 Å². The van der Waals surface area contributed by atoms with Crippen molar-refractivity contribution >= 4 is 49.5 Å². The van der Waals surface area contributed by atoms with Crippen LogP contribution in [0.15, 0.2) is 77.7 Å². The molecule has 0 aliphatic rings. The Morgan fingerprint density at radius 2 is 1.61 bits per heavy atom. The average molecular weight is 483 g/mol. The Kier molecular flexibility index (Phi) is 7.70. The van der Waals surface area contributed by atoms with Crippen LogP contribution in [0.4, 0.5) is 5.69 Å². The molecule has 0 atom stereocenters. The number of thiazole rings is 1. The first-order chi connectivity index (χ1) is 15.7. The van der Waals surface area contributed by atoms with E-state index in [9.17, 15) is 23.1 Å². The van der Waals surface area contributed by atoms with Gasteiger partial charge in [-0.25, -0.2) is 8.42 Å². The molecule has 0 fully saturated rings. The van der Waals surface area contributed by atoms with Crippen LogP contribution in [0.25, 0.3) is 22.4 Å². The minimum Gasteiger partial charge on any atom is -0.744 e. The first kappa shape index (κ1) is 24.2. The van der Waals surface area contributed by atoms with E-state index in [1.165, 1.54) is 39.5 Å². The van der Waals surface area contributed by atoms with Gasteiger partial charge >= 0.3 is 0 Å². The molecule has 1 heterocycles. The minimum atomic E-state index is -4.27. The van der Waals surface area contributed by atoms with Crippen molar-refractivity contribution < 1.29 is 22.5 Å². The predicted octanol–water partition coefficient (Wildman–Crippen LogP) is 5.19. The molecule has 0 aliphatic carbocycles. The number of hydrogen-bond donors (Lipinski definition) is 0. The fraction of sp³-hybridized carbons (Fsp3) is 0.125. The van der Waals surface area contributed by atoms with Gasteiger partial charge in [0.1, 0.15) is 21.4 Å². The molecule has 0 spiro atoms. The fourth-order valence-corrected chi connectivity index (χ4v) is 4.68. The third kappa shape index (κ3) is 6.32. The van der Waals surface area contributed by atoms with Crippen LogP contribution in [0.2, 0.25) is 0 Å². The van der Waals surface area contributed by atoms with Gasteiger partial charge in [-0.05, 0) is 55.8 Å². The summed E-state index contributed by atoms with van der Waals surface area (Å²) in [5.41, 5.74) is 3.23. The van der Waals surface area contributed by atoms with Crippen molar-refractivity contribution in [2.45, 2.75) is 25.3 Å². The highest BCUT2D eigenvalue weighted by atomic mass is 32.2. The van der Waals surface area contributed by atoms with Crippen molar-refractivity contribution in [1.29, 1.82) is 0 Å². The van der Waals surface area contributed by atoms with Crippen LogP contribution in [0, 0.1) is 17.0 Å². The van der Waals surface area contributed by atoms with E-state index < -0.39 is 10.1 Å². The van der Waals surface area contributed by atoms with Gasteiger partial charge in [0.2, 0.25) is 5.52 Å². The topological polar surface area (TPSA) is 104 Å². The molecule has 0 bridgehead atoms. The Morgan fingerprint density at radius 1 is 0.970 bits per heavy atom. The lowest BCUT2D eigenvalue weighted by Crippen LogP contribution is -2.33. The van der Waals surface area contributed by atoms with Gasteiger partial charge < -0.3 is 4.55 Å². The second-order valence-electron chi connectivity index (χ2n) is 7.10. The van der Waals surface area contributed by atoms with Crippen molar-refractivity contribution in [2.75, 3.05) is 0 Å². The predicted molar refractivity (Wildman–Crippen MR) is 129 cm³/mol. The van der Waals surface area contributed by atoms with Crippen molar-refractivity contribution in [3.63, 3.8) is 0 Å². The summed E-state index contributed by atoms with van der Waals surface area (Å²) in [6.07, 6.45) is 4.05. The van der Waals surface area contributed by atoms with Crippen LogP contribution in [0.5, 0.6) is 0 Å². The first-order valence-corrected chi connectivity index (χ1v) is 12.3. The number of benzene rings is 3. The lowest BCUT2D eigenvalue weighted by molar-refractivity contribution is -0.665. The maximum Gasteiger partial charge on any atom is 0.269 e. The fourth-order valence-electron chi connectivity index (χ4n) is 3.08. The summed E-state index contributed by atoms with van der Waals surface area (Å²) in [5, 5.41) is 11.8. The standard InChI is InChI=1S/C17H15N2O2S.C7H8O3S/c1-2-18-15-5-3-4-6-16(15)22-17(18)12-9-13-7-10-14(11-8-13)19(20)21;1-6-2-4-7(5-3-6)11(8,9)10/h3-12H,2H2,1H3;2-5H,1H3,(H,8,9,10)/q+1;/p-1/b12-9+;. The second kappa shape index (κ2) is 10.5. The summed E-state index contributed by atoms with van der Waals surface area (Å²) in [6, 6.07) is 20.7. The van der Waals surface area contributed by atoms with E-state index in [4.69, 9.17) is 0 Å². The van der Waals surface area contributed by atoms with Crippen LogP contribution in [0.3, 0.4) is 0 Å². The molecule has 0 N–H and O–H groups in total. The SMILES string of the molecule is CC[n+]1c(/C=C/c2ccc([N+](=O)[O-])cc2)sc2ccccc21.Cc1ccc(S(=O)(=O)[O-])cc1. The third-order valence-corrected chi connectivity index (χ3v) is 6.77. The molecule has 0 saturated carbocycles. The summed E-state index contributed by atoms with van der Waals surface area (Å²) in [5.74, 6) is 0. The number of para-hydroxylation sites is 1. The van der Waals surface area contributed by atoms with Crippen molar-refractivity contribution in [3.8, 4) is 0 Å². The van der Waals surface area contributed by atoms with Gasteiger partial charge in [0.25, 0.3) is 10.7 Å². The molecule has 170 valence electrons. The van der Waals surface area contributed by atoms with Gasteiger partial charge in [0.15, 0.2) is 0 Å². The van der Waals surface area contributed by atoms with Gasteiger partial charge in [0.05, 0.1) is 9.82 Å². The Balaban J connectivity index is 0.000000235. The molecule has 33 heavy (non-hydrogen) atoms. The van der Waals surface area contributed by atoms with E-state index in [-0.39, 0.29) is 15.5 Å². The first-order valence-electron chi connectivity index (χ1n) is 10.1. The van der Waals surface area contributed by atoms with Gasteiger partial charge in [0, 0.05) is 24.3 Å². The number of rotatable bonds is 5. The van der Waals surface area contributed by atoms with Crippen LogP contribution >= 0.6 is 11.3 Å². The Morgan fingerprint density at radius 3 is 2.18 bits per heavy atom. The van der Waals surface area contributed by atoms with E-state index in [1.807, 2.05) is 25.1 Å². The number of hydrogen-bond acceptors (Lipinski definition) is 6. The van der Waals surface area contributed by atoms with Crippen molar-refractivity contribution in [2.24, 2.45) is 0 Å². The number of fused-ring (bicyclic) bond motifs is 1. The summed E-state index contributed by atoms with van der Waals surface area (Å²) < 4.78 is 34.7. The molecular weight excluding hydrogens is 460 g/mol. The maximum absolute atomic E-state index is 10.7. The number of nitro groups is 1. The molecule has 7 nitrogen and oxygen atoms in total. The molecule has 4 aromatic rings. The molecule has 0 saturated heterocycles. The largest absolute Gasteiger partial charge is 0.744 e. The molecule has 0 radical (unpaired) electrons. The lowest BCUT2D eigenvalue weighted by Gasteiger charge is -2.05. The average Bonchev–Trinajstić information content (AvgIpc) is 3.15. The normalized spacial score (nSPS) is 11.4. The summed E-state index contributed by atoms with van der Waals surface area (Å²) in [6.45, 7) is 4.85. The molecule has 0 unspecified atom stereocenters. The zero-order valence-electron chi connectivity index (χ0n) is 18.0. The number of aromatic nitrogens is 1. The highest BCUT2D eigenvalue weighted by Gasteiger charge is 2.15. The highest BCUT2D eigenvalue weighted by molar-refractivity contribution is 7.85. The highest BCUT2D eigenvalue weighted by Crippen LogP contribution is 2.22. The van der Waals surface area contributed by atoms with E-state index in [0.717, 1.165) is 17.7 Å². The molecule has 9 heteroatoms. The van der Waals surface area contributed by atoms with E-state index in [2.05, 4.69) is 29.7 Å². The maximum atomic E-state index is 10.7. The van der Waals surface area contributed by atoms with Crippen LogP contribution < -0.4 is 4.57 Å². The monoisotopic (exact) mass is 482 g/mol. The Bertz CT molecular complexity index is 1390. The number of nitrogens with zero attached hydrogens (tertiary/aromatic N) is 2. The molecule has 0 amide bonds. The number of aryl methyl sites for hydroxylation is 2. The quantitative estimate of drug-likeness (QED) is 0.169. The van der Waals surface area contributed by atoms with Crippen LogP contribution in [0.1, 0.15) is 23.1 Å². The summed E-state index contributed by atoms with van der Waals surface area (Å²) >= 11 is 1.74. The lowest BCUT2D eigenvalue weighted by atomic mass is 10.2. The van der Waals surface area contributed by atoms with Gasteiger partial charge in [-0.3, -0.25) is 10.1 Å². The van der Waals surface area contributed by atoms with E-state index in [1.54, 1.807) is 35.6 Å². The third-order valence-electron chi connectivity index (χ3n) is 4.78. The molecule has 1 aromatic heterocycles. The number of non-ortho nitro benzene ring substituents is 1. The van der Waals surface area contributed by atoms with Crippen molar-refractivity contribution in [1.82, 2.24) is 0 Å². The molecular formula is C24H22N2O5S2. The van der Waals surface area contributed by atoms with Gasteiger partial charge in [-0.15, -0.1) is 0 Å². The number of nitro benzene ring substituents is 1. The molecule has 4 rings (SSSR count). The minimum absolute atomic E-state index is 0.114. The van der Waals surface area contributed by atoms with Crippen LogP contribution in [-0.2, 0) is 16.7 Å². The zero-order chi connectivity index (χ0) is 24.0. The zero-order valence-corrected chi connectivity index (χ0v) is 19.7. The van der Waals surface area contributed by atoms with E-state index in [0.29, 0.717) is 0 Å². The van der Waals surface area contributed by atoms with Crippen LogP contribution in [-0.4, -0.2) is 17.9 Å². The molecule has 0 aliphatic heterocycles. The summed E-state index contributed by atoms with van der Waals surface area (Å²) in [7, 11) is -4.27. The smallest absolute Gasteiger partial charge is 0.269 e. The molecule has 3 aromatic carbocycles. The second-order valence-corrected chi connectivity index (χ2v) is 9.54. The Hall–Kier alpha value is -3.40. The van der Waals surface area contributed by atoms with E-state index >= 15 is 0 Å². The van der Waals surface area contributed by atoms with Gasteiger partial charge in [-0.2, -0.15) is 4.57 Å². The Labute approximate surface area is 196 Å².